The van der Waals surface area contributed by atoms with Crippen LogP contribution in [0.4, 0.5) is 5.69 Å². The van der Waals surface area contributed by atoms with Gasteiger partial charge in [-0.15, -0.1) is 4.91 Å². The lowest BCUT2D eigenvalue weighted by atomic mass is 9.52. The van der Waals surface area contributed by atoms with E-state index in [0.29, 0.717) is 0 Å². The van der Waals surface area contributed by atoms with Crippen LogP contribution in [-0.2, 0) is 16.2 Å². The highest BCUT2D eigenvalue weighted by molar-refractivity contribution is 5.65. The van der Waals surface area contributed by atoms with Gasteiger partial charge in [-0.3, -0.25) is 0 Å². The number of hydrogen-bond acceptors (Lipinski definition) is 5. The summed E-state index contributed by atoms with van der Waals surface area (Å²) >= 11 is 0. The van der Waals surface area contributed by atoms with Crippen LogP contribution in [0.5, 0.6) is 17.2 Å². The molecular formula is C25H29NO4. The van der Waals surface area contributed by atoms with Crippen molar-refractivity contribution in [2.24, 2.45) is 5.18 Å². The van der Waals surface area contributed by atoms with Gasteiger partial charge in [0.25, 0.3) is 0 Å². The molecule has 5 nitrogen and oxygen atoms in total. The van der Waals surface area contributed by atoms with Gasteiger partial charge in [-0.2, -0.15) is 0 Å². The first-order chi connectivity index (χ1) is 14.1. The molecule has 1 aliphatic heterocycles. The van der Waals surface area contributed by atoms with E-state index < -0.39 is 0 Å². The number of phenolic OH excluding ortho intramolecular Hbond substituents is 1. The number of ether oxygens (including phenoxy) is 2. The fourth-order valence-electron chi connectivity index (χ4n) is 5.82. The Morgan fingerprint density at radius 1 is 0.833 bits per heavy atom. The van der Waals surface area contributed by atoms with Crippen LogP contribution in [0.25, 0.3) is 0 Å². The summed E-state index contributed by atoms with van der Waals surface area (Å²) in [5.74, 6) is 1.56. The van der Waals surface area contributed by atoms with Gasteiger partial charge >= 0.3 is 0 Å². The number of phenols is 1. The molecule has 0 saturated carbocycles. The van der Waals surface area contributed by atoms with E-state index in [1.54, 1.807) is 6.07 Å². The summed E-state index contributed by atoms with van der Waals surface area (Å²) in [4.78, 5) is 11.4. The third-order valence-electron chi connectivity index (χ3n) is 7.73. The lowest BCUT2D eigenvalue weighted by molar-refractivity contribution is 0.0678. The number of benzene rings is 2. The van der Waals surface area contributed by atoms with Gasteiger partial charge < -0.3 is 14.6 Å². The predicted octanol–water partition coefficient (Wildman–Crippen LogP) is 6.34. The molecular weight excluding hydrogens is 378 g/mol. The minimum Gasteiger partial charge on any atom is -0.506 e. The van der Waals surface area contributed by atoms with Gasteiger partial charge in [-0.25, -0.2) is 0 Å². The van der Waals surface area contributed by atoms with E-state index in [9.17, 15) is 10.0 Å². The molecule has 1 N–H and O–H groups in total. The molecule has 1 heterocycles. The van der Waals surface area contributed by atoms with Crippen molar-refractivity contribution in [1.82, 2.24) is 0 Å². The zero-order chi connectivity index (χ0) is 21.5. The Kier molecular flexibility index (Phi) is 3.88. The van der Waals surface area contributed by atoms with Gasteiger partial charge in [-0.05, 0) is 88.2 Å². The second kappa shape index (κ2) is 5.99. The Balaban J connectivity index is 1.81. The number of rotatable bonds is 1. The van der Waals surface area contributed by atoms with Crippen LogP contribution >= 0.6 is 0 Å². The first-order valence-corrected chi connectivity index (χ1v) is 10.8. The molecule has 2 aromatic rings. The predicted molar refractivity (Wildman–Crippen MR) is 116 cm³/mol. The Morgan fingerprint density at radius 3 is 1.90 bits per heavy atom. The van der Waals surface area contributed by atoms with E-state index in [1.807, 2.05) is 13.0 Å². The maximum absolute atomic E-state index is 11.4. The van der Waals surface area contributed by atoms with Crippen LogP contribution in [0.15, 0.2) is 29.4 Å². The van der Waals surface area contributed by atoms with Gasteiger partial charge in [0, 0.05) is 12.3 Å². The molecule has 2 unspecified atom stereocenters. The lowest BCUT2D eigenvalue weighted by Gasteiger charge is -2.51. The largest absolute Gasteiger partial charge is 0.506 e. The number of hydrogen-bond donors (Lipinski definition) is 1. The second-order valence-corrected chi connectivity index (χ2v) is 10.5. The molecule has 2 atom stereocenters. The van der Waals surface area contributed by atoms with E-state index in [2.05, 4.69) is 45.0 Å². The van der Waals surface area contributed by atoms with Crippen LogP contribution < -0.4 is 9.47 Å². The quantitative estimate of drug-likeness (QED) is 0.560. The number of nitrogens with zero attached hydrogens (tertiary/aromatic N) is 1. The SMILES string of the molecule is CC1Oc2cc3c(cc2O1)C1(CCC(C)(C)c2cc(O)c(N=O)cc21)CCC3(C)C. The minimum atomic E-state index is -0.289. The highest BCUT2D eigenvalue weighted by Crippen LogP contribution is 2.60. The summed E-state index contributed by atoms with van der Waals surface area (Å²) in [6.07, 6.45) is 3.70. The van der Waals surface area contributed by atoms with Crippen molar-refractivity contribution >= 4 is 5.69 Å². The summed E-state index contributed by atoms with van der Waals surface area (Å²) < 4.78 is 11.8. The van der Waals surface area contributed by atoms with Gasteiger partial charge in [0.05, 0.1) is 0 Å². The topological polar surface area (TPSA) is 68.1 Å². The summed E-state index contributed by atoms with van der Waals surface area (Å²) in [5, 5.41) is 13.5. The van der Waals surface area contributed by atoms with Gasteiger partial charge in [0.1, 0.15) is 11.4 Å². The first kappa shape index (κ1) is 19.4. The summed E-state index contributed by atoms with van der Waals surface area (Å²) in [7, 11) is 0. The van der Waals surface area contributed by atoms with Crippen molar-refractivity contribution < 1.29 is 14.6 Å². The zero-order valence-electron chi connectivity index (χ0n) is 18.3. The fourth-order valence-corrected chi connectivity index (χ4v) is 5.82. The number of nitroso groups, excluding NO2 is 1. The van der Waals surface area contributed by atoms with E-state index in [0.717, 1.165) is 48.3 Å². The average molecular weight is 408 g/mol. The Bertz CT molecular complexity index is 1070. The third-order valence-corrected chi connectivity index (χ3v) is 7.73. The smallest absolute Gasteiger partial charge is 0.238 e. The lowest BCUT2D eigenvalue weighted by Crippen LogP contribution is -2.44. The van der Waals surface area contributed by atoms with Crippen LogP contribution in [0.3, 0.4) is 0 Å². The highest BCUT2D eigenvalue weighted by Gasteiger charge is 2.50. The molecule has 0 amide bonds. The molecule has 0 aromatic heterocycles. The second-order valence-electron chi connectivity index (χ2n) is 10.5. The van der Waals surface area contributed by atoms with Crippen molar-refractivity contribution in [3.8, 4) is 17.2 Å². The molecule has 5 heteroatoms. The molecule has 0 bridgehead atoms. The van der Waals surface area contributed by atoms with Gasteiger partial charge in [-0.1, -0.05) is 27.7 Å². The summed E-state index contributed by atoms with van der Waals surface area (Å²) in [6.45, 7) is 10.9. The first-order valence-electron chi connectivity index (χ1n) is 10.8. The third kappa shape index (κ3) is 2.53. The maximum atomic E-state index is 11.4. The summed E-state index contributed by atoms with van der Waals surface area (Å²) in [6, 6.07) is 7.92. The molecule has 1 spiro atoms. The van der Waals surface area contributed by atoms with Crippen molar-refractivity contribution in [2.45, 2.75) is 82.8 Å². The molecule has 3 aliphatic rings. The van der Waals surface area contributed by atoms with E-state index >= 15 is 0 Å². The van der Waals surface area contributed by atoms with Crippen LogP contribution in [0, 0.1) is 4.91 Å². The Morgan fingerprint density at radius 2 is 1.33 bits per heavy atom. The zero-order valence-corrected chi connectivity index (χ0v) is 18.3. The van der Waals surface area contributed by atoms with Crippen molar-refractivity contribution in [3.63, 3.8) is 0 Å². The van der Waals surface area contributed by atoms with Crippen molar-refractivity contribution in [3.05, 3.63) is 51.4 Å². The van der Waals surface area contributed by atoms with Gasteiger partial charge in [0.15, 0.2) is 11.5 Å². The van der Waals surface area contributed by atoms with Crippen molar-refractivity contribution in [1.29, 1.82) is 0 Å². The molecule has 2 aromatic carbocycles. The molecule has 5 rings (SSSR count). The fraction of sp³-hybridized carbons (Fsp3) is 0.520. The minimum absolute atomic E-state index is 0.0145. The average Bonchev–Trinajstić information content (AvgIpc) is 3.05. The normalized spacial score (nSPS) is 27.4. The number of aromatic hydroxyl groups is 1. The van der Waals surface area contributed by atoms with E-state index in [-0.39, 0.29) is 34.0 Å². The Hall–Kier alpha value is -2.56. The maximum Gasteiger partial charge on any atom is 0.238 e. The molecule has 0 fully saturated rings. The van der Waals surface area contributed by atoms with Crippen LogP contribution in [-0.4, -0.2) is 11.4 Å². The van der Waals surface area contributed by atoms with Crippen molar-refractivity contribution in [2.75, 3.05) is 0 Å². The molecule has 158 valence electrons. The molecule has 30 heavy (non-hydrogen) atoms. The summed E-state index contributed by atoms with van der Waals surface area (Å²) in [5.41, 5.74) is 4.58. The van der Waals surface area contributed by atoms with Gasteiger partial charge in [0.2, 0.25) is 6.29 Å². The van der Waals surface area contributed by atoms with Crippen LogP contribution in [0.2, 0.25) is 0 Å². The van der Waals surface area contributed by atoms with E-state index in [1.165, 1.54) is 11.1 Å². The Labute approximate surface area is 177 Å². The molecule has 0 saturated heterocycles. The monoisotopic (exact) mass is 407 g/mol. The van der Waals surface area contributed by atoms with E-state index in [4.69, 9.17) is 9.47 Å². The number of fused-ring (bicyclic) bond motifs is 5. The van der Waals surface area contributed by atoms with Crippen LogP contribution in [0.1, 0.15) is 82.6 Å². The molecule has 2 aliphatic carbocycles. The molecule has 0 radical (unpaired) electrons. The highest BCUT2D eigenvalue weighted by atomic mass is 16.7. The standard InChI is InChI=1S/C25H29NO4/c1-14-29-21-12-16-18(13-22(21)30-14)25(9-7-24(16,4)5)8-6-23(2,3)15-11-20(27)19(26-28)10-17(15)25/h10-14,27H,6-9H2,1-5H3.